The molecule has 1 atom stereocenters. The highest BCUT2D eigenvalue weighted by Gasteiger charge is 2.40. The second-order valence-corrected chi connectivity index (χ2v) is 6.50. The molecule has 0 bridgehead atoms. The summed E-state index contributed by atoms with van der Waals surface area (Å²) in [6, 6.07) is 0. The Balaban J connectivity index is 1.56. The van der Waals surface area contributed by atoms with E-state index in [-0.39, 0.29) is 0 Å². The molecule has 5 heteroatoms. The van der Waals surface area contributed by atoms with E-state index < -0.39 is 0 Å². The first-order valence-electron chi connectivity index (χ1n) is 6.65. The summed E-state index contributed by atoms with van der Waals surface area (Å²) in [7, 11) is 1.72. The van der Waals surface area contributed by atoms with Crippen molar-refractivity contribution in [3.8, 4) is 0 Å². The van der Waals surface area contributed by atoms with Crippen molar-refractivity contribution in [1.29, 1.82) is 0 Å². The fourth-order valence-corrected chi connectivity index (χ4v) is 3.90. The van der Waals surface area contributed by atoms with Gasteiger partial charge in [-0.2, -0.15) is 0 Å². The van der Waals surface area contributed by atoms with Gasteiger partial charge < -0.3 is 10.1 Å². The highest BCUT2D eigenvalue weighted by Crippen LogP contribution is 2.36. The van der Waals surface area contributed by atoms with Crippen LogP contribution in [-0.2, 0) is 17.9 Å². The van der Waals surface area contributed by atoms with Crippen LogP contribution in [0, 0.1) is 5.41 Å². The first-order chi connectivity index (χ1) is 8.80. The molecule has 0 radical (unpaired) electrons. The minimum atomic E-state index is 0.561. The van der Waals surface area contributed by atoms with Gasteiger partial charge in [0.1, 0.15) is 5.01 Å². The number of nitrogens with zero attached hydrogens (tertiary/aromatic N) is 2. The lowest BCUT2D eigenvalue weighted by Gasteiger charge is -2.22. The second-order valence-electron chi connectivity index (χ2n) is 5.55. The molecule has 0 saturated carbocycles. The van der Waals surface area contributed by atoms with E-state index in [0.717, 1.165) is 11.6 Å². The highest BCUT2D eigenvalue weighted by molar-refractivity contribution is 7.09. The summed E-state index contributed by atoms with van der Waals surface area (Å²) >= 11 is 1.71. The first kappa shape index (κ1) is 12.5. The van der Waals surface area contributed by atoms with E-state index in [1.807, 2.05) is 0 Å². The number of likely N-dealkylation sites (tertiary alicyclic amines) is 1. The minimum Gasteiger partial charge on any atom is -0.378 e. The van der Waals surface area contributed by atoms with Crippen LogP contribution in [0.1, 0.15) is 23.5 Å². The molecule has 0 aliphatic carbocycles. The van der Waals surface area contributed by atoms with Gasteiger partial charge in [-0.05, 0) is 31.3 Å². The van der Waals surface area contributed by atoms with Gasteiger partial charge in [0.05, 0.1) is 12.3 Å². The van der Waals surface area contributed by atoms with Gasteiger partial charge in [-0.15, -0.1) is 11.3 Å². The molecule has 1 spiro atoms. The van der Waals surface area contributed by atoms with Crippen molar-refractivity contribution in [2.24, 2.45) is 5.41 Å². The van der Waals surface area contributed by atoms with E-state index in [1.54, 1.807) is 18.4 Å². The van der Waals surface area contributed by atoms with Crippen molar-refractivity contribution in [2.45, 2.75) is 26.0 Å². The molecule has 2 saturated heterocycles. The van der Waals surface area contributed by atoms with Crippen molar-refractivity contribution >= 4 is 11.3 Å². The molecule has 1 aromatic rings. The summed E-state index contributed by atoms with van der Waals surface area (Å²) in [4.78, 5) is 7.17. The molecule has 2 aliphatic heterocycles. The number of rotatable bonds is 4. The molecular formula is C13H21N3OS. The number of ether oxygens (including phenoxy) is 1. The van der Waals surface area contributed by atoms with Gasteiger partial charge in [-0.1, -0.05) is 0 Å². The van der Waals surface area contributed by atoms with Gasteiger partial charge in [-0.3, -0.25) is 4.90 Å². The lowest BCUT2D eigenvalue weighted by Crippen LogP contribution is -2.29. The zero-order chi connectivity index (χ0) is 12.4. The summed E-state index contributed by atoms with van der Waals surface area (Å²) in [5.74, 6) is 0. The molecule has 2 fully saturated rings. The van der Waals surface area contributed by atoms with Crippen molar-refractivity contribution < 1.29 is 4.74 Å². The maximum absolute atomic E-state index is 5.11. The molecule has 0 aromatic carbocycles. The Kier molecular flexibility index (Phi) is 3.66. The summed E-state index contributed by atoms with van der Waals surface area (Å²) in [5.41, 5.74) is 1.76. The van der Waals surface area contributed by atoms with Crippen LogP contribution in [0.5, 0.6) is 0 Å². The van der Waals surface area contributed by atoms with Crippen molar-refractivity contribution in [2.75, 3.05) is 33.3 Å². The Labute approximate surface area is 112 Å². The Morgan fingerprint density at radius 3 is 3.28 bits per heavy atom. The second kappa shape index (κ2) is 5.25. The number of methoxy groups -OCH3 is 1. The highest BCUT2D eigenvalue weighted by atomic mass is 32.1. The molecule has 3 rings (SSSR count). The van der Waals surface area contributed by atoms with Gasteiger partial charge in [0, 0.05) is 32.1 Å². The van der Waals surface area contributed by atoms with E-state index >= 15 is 0 Å². The van der Waals surface area contributed by atoms with E-state index in [1.165, 1.54) is 44.7 Å². The quantitative estimate of drug-likeness (QED) is 0.896. The SMILES string of the molecule is COCc1nc(CN2CCC3(CCNC3)C2)cs1. The van der Waals surface area contributed by atoms with Gasteiger partial charge in [0.15, 0.2) is 0 Å². The van der Waals surface area contributed by atoms with Crippen molar-refractivity contribution in [3.63, 3.8) is 0 Å². The maximum atomic E-state index is 5.11. The Morgan fingerprint density at radius 1 is 1.56 bits per heavy atom. The van der Waals surface area contributed by atoms with Gasteiger partial charge >= 0.3 is 0 Å². The molecule has 3 heterocycles. The Morgan fingerprint density at radius 2 is 2.50 bits per heavy atom. The van der Waals surface area contributed by atoms with Crippen LogP contribution in [-0.4, -0.2) is 43.2 Å². The molecule has 1 aromatic heterocycles. The largest absolute Gasteiger partial charge is 0.378 e. The zero-order valence-corrected chi connectivity index (χ0v) is 11.8. The monoisotopic (exact) mass is 267 g/mol. The van der Waals surface area contributed by atoms with E-state index in [0.29, 0.717) is 12.0 Å². The molecule has 2 aliphatic rings. The number of hydrogen-bond donors (Lipinski definition) is 1. The third-order valence-electron chi connectivity index (χ3n) is 4.10. The molecule has 1 unspecified atom stereocenters. The van der Waals surface area contributed by atoms with Crippen LogP contribution in [0.4, 0.5) is 0 Å². The lowest BCUT2D eigenvalue weighted by molar-refractivity contribution is 0.184. The normalized spacial score (nSPS) is 28.5. The van der Waals surface area contributed by atoms with Crippen LogP contribution in [0.15, 0.2) is 5.38 Å². The molecule has 0 amide bonds. The average molecular weight is 267 g/mol. The van der Waals surface area contributed by atoms with E-state index in [2.05, 4.69) is 20.6 Å². The maximum Gasteiger partial charge on any atom is 0.119 e. The zero-order valence-electron chi connectivity index (χ0n) is 10.9. The lowest BCUT2D eigenvalue weighted by atomic mass is 9.87. The van der Waals surface area contributed by atoms with E-state index in [4.69, 9.17) is 4.74 Å². The average Bonchev–Trinajstić information content (AvgIpc) is 3.06. The predicted molar refractivity (Wildman–Crippen MR) is 72.6 cm³/mol. The Hall–Kier alpha value is -0.490. The number of aromatic nitrogens is 1. The first-order valence-corrected chi connectivity index (χ1v) is 7.53. The fourth-order valence-electron chi connectivity index (χ4n) is 3.15. The summed E-state index contributed by atoms with van der Waals surface area (Å²) in [5, 5.41) is 6.76. The summed E-state index contributed by atoms with van der Waals surface area (Å²) in [6.45, 7) is 6.49. The van der Waals surface area contributed by atoms with Crippen molar-refractivity contribution in [3.05, 3.63) is 16.1 Å². The van der Waals surface area contributed by atoms with Gasteiger partial charge in [0.2, 0.25) is 0 Å². The van der Waals surface area contributed by atoms with Crippen LogP contribution < -0.4 is 5.32 Å². The van der Waals surface area contributed by atoms with Crippen LogP contribution in [0.2, 0.25) is 0 Å². The molecule has 100 valence electrons. The van der Waals surface area contributed by atoms with Crippen LogP contribution in [0.25, 0.3) is 0 Å². The van der Waals surface area contributed by atoms with Crippen molar-refractivity contribution in [1.82, 2.24) is 15.2 Å². The number of nitrogens with one attached hydrogen (secondary N) is 1. The Bertz CT molecular complexity index is 401. The molecule has 4 nitrogen and oxygen atoms in total. The minimum absolute atomic E-state index is 0.561. The number of thiazole rings is 1. The van der Waals surface area contributed by atoms with Gasteiger partial charge in [0.25, 0.3) is 0 Å². The third-order valence-corrected chi connectivity index (χ3v) is 4.97. The summed E-state index contributed by atoms with van der Waals surface area (Å²) < 4.78 is 5.11. The molecular weight excluding hydrogens is 246 g/mol. The third kappa shape index (κ3) is 2.59. The smallest absolute Gasteiger partial charge is 0.119 e. The summed E-state index contributed by atoms with van der Waals surface area (Å²) in [6.07, 6.45) is 2.69. The van der Waals surface area contributed by atoms with Gasteiger partial charge in [-0.25, -0.2) is 4.98 Å². The molecule has 1 N–H and O–H groups in total. The fraction of sp³-hybridized carbons (Fsp3) is 0.769. The number of hydrogen-bond acceptors (Lipinski definition) is 5. The van der Waals surface area contributed by atoms with Crippen LogP contribution >= 0.6 is 11.3 Å². The standard InChI is InChI=1S/C13H21N3OS/c1-17-7-12-15-11(8-18-12)6-16-5-3-13(10-16)2-4-14-9-13/h8,14H,2-7,9-10H2,1H3. The topological polar surface area (TPSA) is 37.4 Å². The molecule has 18 heavy (non-hydrogen) atoms. The van der Waals surface area contributed by atoms with Crippen LogP contribution in [0.3, 0.4) is 0 Å². The predicted octanol–water partition coefficient (Wildman–Crippen LogP) is 1.47. The van der Waals surface area contributed by atoms with E-state index in [9.17, 15) is 0 Å².